The Kier molecular flexibility index (Phi) is 8.20. The molecule has 3 amide bonds. The highest BCUT2D eigenvalue weighted by Gasteiger charge is 2.47. The van der Waals surface area contributed by atoms with Crippen LogP contribution in [0.25, 0.3) is 0 Å². The topological polar surface area (TPSA) is 87.3 Å². The molecule has 198 valence electrons. The molecule has 3 aromatic carbocycles. The molecule has 1 fully saturated rings. The van der Waals surface area contributed by atoms with Crippen LogP contribution in [0.2, 0.25) is 0 Å². The van der Waals surface area contributed by atoms with E-state index in [9.17, 15) is 23.2 Å². The maximum atomic E-state index is 13.5. The molecule has 0 aliphatic carbocycles. The van der Waals surface area contributed by atoms with E-state index in [0.29, 0.717) is 13.0 Å². The molecule has 4 rings (SSSR count). The summed E-state index contributed by atoms with van der Waals surface area (Å²) in [5.74, 6) is -3.31. The summed E-state index contributed by atoms with van der Waals surface area (Å²) in [5.41, 5.74) is 0.864. The lowest BCUT2D eigenvalue weighted by Gasteiger charge is -2.37. The van der Waals surface area contributed by atoms with Crippen LogP contribution in [0.3, 0.4) is 0 Å². The average Bonchev–Trinajstić information content (AvgIpc) is 3.00. The van der Waals surface area contributed by atoms with E-state index in [-0.39, 0.29) is 29.7 Å². The highest BCUT2D eigenvalue weighted by molar-refractivity contribution is 5.95. The van der Waals surface area contributed by atoms with Gasteiger partial charge in [0.05, 0.1) is 6.42 Å². The molecular weight excluding hydrogens is 488 g/mol. The minimum absolute atomic E-state index is 0.0351. The fraction of sp³-hybridized carbons (Fsp3) is 0.300. The second-order valence-electron chi connectivity index (χ2n) is 9.95. The van der Waals surface area contributed by atoms with Crippen LogP contribution in [0, 0.1) is 11.6 Å². The monoisotopic (exact) mass is 519 g/mol. The van der Waals surface area contributed by atoms with E-state index in [1.165, 1.54) is 6.92 Å². The Morgan fingerprint density at radius 3 is 2.16 bits per heavy atom. The Labute approximate surface area is 220 Å². The molecule has 3 aromatic rings. The lowest BCUT2D eigenvalue weighted by Crippen LogP contribution is -2.62. The highest BCUT2D eigenvalue weighted by atomic mass is 19.1. The third kappa shape index (κ3) is 6.25. The van der Waals surface area contributed by atoms with E-state index in [1.807, 2.05) is 60.7 Å². The van der Waals surface area contributed by atoms with Gasteiger partial charge < -0.3 is 16.0 Å². The maximum Gasteiger partial charge on any atom is 0.246 e. The zero-order valence-corrected chi connectivity index (χ0v) is 21.3. The van der Waals surface area contributed by atoms with Crippen molar-refractivity contribution in [2.24, 2.45) is 0 Å². The molecule has 0 saturated carbocycles. The molecule has 1 aliphatic rings. The molecule has 0 aromatic heterocycles. The molecule has 0 spiro atoms. The molecule has 1 heterocycles. The summed E-state index contributed by atoms with van der Waals surface area (Å²) < 4.78 is 27.0. The summed E-state index contributed by atoms with van der Waals surface area (Å²) in [6, 6.07) is 21.4. The van der Waals surface area contributed by atoms with E-state index >= 15 is 0 Å². The molecule has 0 bridgehead atoms. The first-order valence-electron chi connectivity index (χ1n) is 12.6. The van der Waals surface area contributed by atoms with Gasteiger partial charge in [0.2, 0.25) is 17.7 Å². The number of carbonyl (C=O) groups excluding carboxylic acids is 3. The number of hydrogen-bond donors (Lipinski definition) is 3. The summed E-state index contributed by atoms with van der Waals surface area (Å²) in [6.07, 6.45) is 0.310. The van der Waals surface area contributed by atoms with Crippen molar-refractivity contribution in [2.45, 2.75) is 50.1 Å². The Morgan fingerprint density at radius 2 is 1.55 bits per heavy atom. The van der Waals surface area contributed by atoms with Crippen LogP contribution in [-0.4, -0.2) is 35.8 Å². The second-order valence-corrected chi connectivity index (χ2v) is 9.95. The Hall–Kier alpha value is -4.07. The second kappa shape index (κ2) is 11.5. The predicted molar refractivity (Wildman–Crippen MR) is 140 cm³/mol. The molecule has 0 radical (unpaired) electrons. The largest absolute Gasteiger partial charge is 0.353 e. The number of rotatable bonds is 7. The van der Waals surface area contributed by atoms with Crippen LogP contribution < -0.4 is 16.0 Å². The molecule has 1 saturated heterocycles. The average molecular weight is 520 g/mol. The summed E-state index contributed by atoms with van der Waals surface area (Å²) >= 11 is 0. The normalized spacial score (nSPS) is 22.1. The number of nitrogens with one attached hydrogen (secondary N) is 3. The first kappa shape index (κ1) is 27.0. The Bertz CT molecular complexity index is 1280. The van der Waals surface area contributed by atoms with Gasteiger partial charge in [-0.2, -0.15) is 0 Å². The van der Waals surface area contributed by atoms with E-state index in [0.717, 1.165) is 29.3 Å². The van der Waals surface area contributed by atoms with Crippen molar-refractivity contribution < 1.29 is 23.2 Å². The van der Waals surface area contributed by atoms with E-state index in [1.54, 1.807) is 6.92 Å². The zero-order chi connectivity index (χ0) is 27.3. The fourth-order valence-corrected chi connectivity index (χ4v) is 5.06. The van der Waals surface area contributed by atoms with Gasteiger partial charge in [0.15, 0.2) is 0 Å². The number of hydrogen-bond acceptors (Lipinski definition) is 3. The number of amides is 3. The molecule has 3 N–H and O–H groups in total. The Balaban J connectivity index is 1.53. The molecule has 1 aliphatic heterocycles. The SMILES string of the molecule is C[C@H](NC(=O)Cc1cc(F)cc(F)c1)C(=O)N[C@]1(C)C(=O)NC[C@@H](c2ccccc2)C[C@@H]1c1ccccc1. The molecular formula is C30H31F2N3O3. The van der Waals surface area contributed by atoms with Crippen LogP contribution in [0.15, 0.2) is 78.9 Å². The molecule has 0 unspecified atom stereocenters. The number of benzene rings is 3. The van der Waals surface area contributed by atoms with E-state index in [2.05, 4.69) is 16.0 Å². The highest BCUT2D eigenvalue weighted by Crippen LogP contribution is 2.39. The van der Waals surface area contributed by atoms with E-state index in [4.69, 9.17) is 0 Å². The third-order valence-corrected chi connectivity index (χ3v) is 7.11. The van der Waals surface area contributed by atoms with Crippen LogP contribution in [0.4, 0.5) is 8.78 Å². The van der Waals surface area contributed by atoms with Gasteiger partial charge in [-0.1, -0.05) is 60.7 Å². The third-order valence-electron chi connectivity index (χ3n) is 7.11. The van der Waals surface area contributed by atoms with Crippen molar-refractivity contribution in [2.75, 3.05) is 6.54 Å². The minimum Gasteiger partial charge on any atom is -0.353 e. The van der Waals surface area contributed by atoms with Crippen molar-refractivity contribution in [3.8, 4) is 0 Å². The molecule has 6 nitrogen and oxygen atoms in total. The standard InChI is InChI=1S/C30H31F2N3O3/c1-19(34-27(36)15-20-13-24(31)17-25(32)14-20)28(37)35-30(2)26(22-11-7-4-8-12-22)16-23(18-33-29(30)38)21-9-5-3-6-10-21/h3-14,17,19,23,26H,15-16,18H2,1-2H3,(H,33,38)(H,34,36)(H,35,37)/t19-,23-,26+,30-/m0/s1. The summed E-state index contributed by atoms with van der Waals surface area (Å²) in [6.45, 7) is 3.63. The predicted octanol–water partition coefficient (Wildman–Crippen LogP) is 3.97. The van der Waals surface area contributed by atoms with Gasteiger partial charge in [0, 0.05) is 24.4 Å². The smallest absolute Gasteiger partial charge is 0.246 e. The van der Waals surface area contributed by atoms with Gasteiger partial charge in [0.25, 0.3) is 0 Å². The number of halogens is 2. The van der Waals surface area contributed by atoms with E-state index < -0.39 is 35.0 Å². The maximum absolute atomic E-state index is 13.5. The fourth-order valence-electron chi connectivity index (χ4n) is 5.06. The van der Waals surface area contributed by atoms with Crippen LogP contribution in [0.5, 0.6) is 0 Å². The summed E-state index contributed by atoms with van der Waals surface area (Å²) in [4.78, 5) is 39.3. The van der Waals surface area contributed by atoms with Crippen LogP contribution in [0.1, 0.15) is 48.8 Å². The van der Waals surface area contributed by atoms with Crippen molar-refractivity contribution in [1.82, 2.24) is 16.0 Å². The molecule has 8 heteroatoms. The molecule has 4 atom stereocenters. The van der Waals surface area contributed by atoms with Crippen molar-refractivity contribution in [3.63, 3.8) is 0 Å². The summed E-state index contributed by atoms with van der Waals surface area (Å²) in [5, 5.41) is 8.47. The first-order chi connectivity index (χ1) is 18.2. The van der Waals surface area contributed by atoms with Gasteiger partial charge in [-0.15, -0.1) is 0 Å². The lowest BCUT2D eigenvalue weighted by molar-refractivity contribution is -0.135. The van der Waals surface area contributed by atoms with Gasteiger partial charge in [0.1, 0.15) is 23.2 Å². The quantitative estimate of drug-likeness (QED) is 0.442. The minimum atomic E-state index is -1.30. The Morgan fingerprint density at radius 1 is 0.974 bits per heavy atom. The van der Waals surface area contributed by atoms with Crippen molar-refractivity contribution in [1.29, 1.82) is 0 Å². The van der Waals surface area contributed by atoms with Crippen molar-refractivity contribution >= 4 is 17.7 Å². The van der Waals surface area contributed by atoms with Crippen LogP contribution >= 0.6 is 0 Å². The lowest BCUT2D eigenvalue weighted by atomic mass is 9.74. The van der Waals surface area contributed by atoms with Gasteiger partial charge in [-0.3, -0.25) is 14.4 Å². The van der Waals surface area contributed by atoms with Gasteiger partial charge in [-0.25, -0.2) is 8.78 Å². The van der Waals surface area contributed by atoms with Crippen LogP contribution in [-0.2, 0) is 20.8 Å². The van der Waals surface area contributed by atoms with Crippen molar-refractivity contribution in [3.05, 3.63) is 107 Å². The zero-order valence-electron chi connectivity index (χ0n) is 21.3. The van der Waals surface area contributed by atoms with Gasteiger partial charge >= 0.3 is 0 Å². The van der Waals surface area contributed by atoms with Gasteiger partial charge in [-0.05, 0) is 49.1 Å². The first-order valence-corrected chi connectivity index (χ1v) is 12.6. The number of carbonyl (C=O) groups is 3. The molecule has 38 heavy (non-hydrogen) atoms. The summed E-state index contributed by atoms with van der Waals surface area (Å²) in [7, 11) is 0.